The molecule has 0 aliphatic carbocycles. The average Bonchev–Trinajstić information content (AvgIpc) is 2.46. The molecule has 0 aromatic heterocycles. The first kappa shape index (κ1) is 8.90. The Bertz CT molecular complexity index is 266. The van der Waals surface area contributed by atoms with Gasteiger partial charge >= 0.3 is 0 Å². The van der Waals surface area contributed by atoms with Crippen LogP contribution in [-0.4, -0.2) is 17.2 Å². The van der Waals surface area contributed by atoms with E-state index < -0.39 is 0 Å². The van der Waals surface area contributed by atoms with Crippen molar-refractivity contribution in [1.29, 1.82) is 0 Å². The lowest BCUT2D eigenvalue weighted by Gasteiger charge is -1.96. The third-order valence-electron chi connectivity index (χ3n) is 2.01. The minimum atomic E-state index is -0.311. The lowest BCUT2D eigenvalue weighted by molar-refractivity contribution is -0.416. The zero-order valence-electron chi connectivity index (χ0n) is 7.33. The van der Waals surface area contributed by atoms with Crippen molar-refractivity contribution in [3.8, 4) is 0 Å². The Morgan fingerprint density at radius 3 is 2.58 bits per heavy atom. The zero-order valence-corrected chi connectivity index (χ0v) is 7.33. The van der Waals surface area contributed by atoms with Gasteiger partial charge in [0.2, 0.25) is 0 Å². The number of hydrogen-bond acceptors (Lipinski definition) is 3. The number of rotatable bonds is 3. The summed E-state index contributed by atoms with van der Waals surface area (Å²) in [6.07, 6.45) is 1.38. The molecule has 0 spiro atoms. The molecule has 1 heterocycles. The fourth-order valence-electron chi connectivity index (χ4n) is 1.34. The Labute approximate surface area is 71.1 Å². The molecule has 0 bridgehead atoms. The van der Waals surface area contributed by atoms with Crippen molar-refractivity contribution >= 4 is 5.71 Å². The Morgan fingerprint density at radius 1 is 1.50 bits per heavy atom. The summed E-state index contributed by atoms with van der Waals surface area (Å²) in [7, 11) is 0. The minimum absolute atomic E-state index is 0.264. The highest BCUT2D eigenvalue weighted by molar-refractivity contribution is 6.00. The molecule has 0 atom stereocenters. The molecule has 0 saturated carbocycles. The zero-order chi connectivity index (χ0) is 9.14. The van der Waals surface area contributed by atoms with Crippen LogP contribution in [0.1, 0.15) is 26.7 Å². The van der Waals surface area contributed by atoms with E-state index in [0.717, 1.165) is 12.0 Å². The molecule has 1 aliphatic rings. The van der Waals surface area contributed by atoms with E-state index in [2.05, 4.69) is 4.99 Å². The molecule has 1 rings (SSSR count). The van der Waals surface area contributed by atoms with Gasteiger partial charge in [-0.2, -0.15) is 0 Å². The van der Waals surface area contributed by atoms with Crippen LogP contribution in [0.2, 0.25) is 0 Å². The van der Waals surface area contributed by atoms with Crippen molar-refractivity contribution < 1.29 is 4.92 Å². The summed E-state index contributed by atoms with van der Waals surface area (Å²) in [5.74, 6) is 0. The van der Waals surface area contributed by atoms with Crippen LogP contribution < -0.4 is 0 Å². The Morgan fingerprint density at radius 2 is 2.17 bits per heavy atom. The van der Waals surface area contributed by atoms with E-state index in [1.165, 1.54) is 0 Å². The molecule has 0 fully saturated rings. The molecule has 4 nitrogen and oxygen atoms in total. The van der Waals surface area contributed by atoms with Gasteiger partial charge in [0.25, 0.3) is 5.70 Å². The summed E-state index contributed by atoms with van der Waals surface area (Å²) in [5.41, 5.74) is 1.77. The highest BCUT2D eigenvalue weighted by Crippen LogP contribution is 2.19. The van der Waals surface area contributed by atoms with Gasteiger partial charge in [-0.05, 0) is 12.8 Å². The lowest BCUT2D eigenvalue weighted by atomic mass is 10.1. The summed E-state index contributed by atoms with van der Waals surface area (Å²) >= 11 is 0. The second kappa shape index (κ2) is 3.47. The Kier molecular flexibility index (Phi) is 2.58. The van der Waals surface area contributed by atoms with Crippen LogP contribution in [0.5, 0.6) is 0 Å². The van der Waals surface area contributed by atoms with Crippen LogP contribution >= 0.6 is 0 Å². The molecule has 0 amide bonds. The first-order valence-electron chi connectivity index (χ1n) is 4.10. The van der Waals surface area contributed by atoms with Crippen LogP contribution in [-0.2, 0) is 0 Å². The summed E-state index contributed by atoms with van der Waals surface area (Å²) in [6.45, 7) is 4.34. The molecule has 1 aliphatic heterocycles. The minimum Gasteiger partial charge on any atom is -0.278 e. The van der Waals surface area contributed by atoms with Crippen LogP contribution in [0, 0.1) is 10.1 Å². The average molecular weight is 168 g/mol. The molecule has 0 radical (unpaired) electrons. The summed E-state index contributed by atoms with van der Waals surface area (Å²) in [4.78, 5) is 14.4. The molecule has 0 saturated heterocycles. The predicted molar refractivity (Wildman–Crippen MR) is 46.9 cm³/mol. The quantitative estimate of drug-likeness (QED) is 0.476. The number of aliphatic imine (C=N–C) groups is 1. The predicted octanol–water partition coefficient (Wildman–Crippen LogP) is 1.79. The molecule has 0 unspecified atom stereocenters. The maximum Gasteiger partial charge on any atom is 0.291 e. The largest absolute Gasteiger partial charge is 0.291 e. The van der Waals surface area contributed by atoms with E-state index in [-0.39, 0.29) is 10.6 Å². The second-order valence-corrected chi connectivity index (χ2v) is 2.68. The third-order valence-corrected chi connectivity index (χ3v) is 2.01. The van der Waals surface area contributed by atoms with Crippen molar-refractivity contribution in [1.82, 2.24) is 0 Å². The molecule has 12 heavy (non-hydrogen) atoms. The van der Waals surface area contributed by atoms with E-state index >= 15 is 0 Å². The molecule has 4 heteroatoms. The fraction of sp³-hybridized carbons (Fsp3) is 0.625. The van der Waals surface area contributed by atoms with E-state index in [9.17, 15) is 10.1 Å². The normalized spacial score (nSPS) is 16.7. The molecule has 0 N–H and O–H groups in total. The van der Waals surface area contributed by atoms with Crippen molar-refractivity contribution in [2.24, 2.45) is 4.99 Å². The van der Waals surface area contributed by atoms with Crippen LogP contribution in [0.4, 0.5) is 0 Å². The van der Waals surface area contributed by atoms with Gasteiger partial charge in [0, 0.05) is 5.57 Å². The smallest absolute Gasteiger partial charge is 0.278 e. The molecular formula is C8H12N2O2. The molecule has 0 aromatic carbocycles. The summed E-state index contributed by atoms with van der Waals surface area (Å²) < 4.78 is 0. The molecule has 0 aromatic rings. The Hall–Kier alpha value is -1.19. The lowest BCUT2D eigenvalue weighted by Crippen LogP contribution is -2.09. The monoisotopic (exact) mass is 168 g/mol. The second-order valence-electron chi connectivity index (χ2n) is 2.68. The standard InChI is InChI=1S/C8H12N2O2/c1-3-6-5-9-7(4-2)8(6)10(11)12/h3-5H2,1-2H3. The SMILES string of the molecule is CCC1=NCC(CC)=C1[N+](=O)[O-]. The van der Waals surface area contributed by atoms with Crippen molar-refractivity contribution in [3.63, 3.8) is 0 Å². The van der Waals surface area contributed by atoms with E-state index in [1.807, 2.05) is 13.8 Å². The van der Waals surface area contributed by atoms with Gasteiger partial charge in [-0.1, -0.05) is 13.8 Å². The van der Waals surface area contributed by atoms with Gasteiger partial charge in [-0.15, -0.1) is 0 Å². The van der Waals surface area contributed by atoms with E-state index in [1.54, 1.807) is 0 Å². The molecular weight excluding hydrogens is 156 g/mol. The van der Waals surface area contributed by atoms with Crippen molar-refractivity contribution in [2.45, 2.75) is 26.7 Å². The van der Waals surface area contributed by atoms with Crippen LogP contribution in [0.3, 0.4) is 0 Å². The topological polar surface area (TPSA) is 55.5 Å². The van der Waals surface area contributed by atoms with Gasteiger partial charge in [0.15, 0.2) is 0 Å². The Balaban J connectivity index is 2.98. The fourth-order valence-corrected chi connectivity index (χ4v) is 1.34. The van der Waals surface area contributed by atoms with Crippen molar-refractivity contribution in [3.05, 3.63) is 21.4 Å². The van der Waals surface area contributed by atoms with Crippen molar-refractivity contribution in [2.75, 3.05) is 6.54 Å². The van der Waals surface area contributed by atoms with E-state index in [0.29, 0.717) is 18.7 Å². The summed E-state index contributed by atoms with van der Waals surface area (Å²) in [6, 6.07) is 0. The van der Waals surface area contributed by atoms with Gasteiger partial charge in [-0.25, -0.2) is 0 Å². The number of nitrogens with zero attached hydrogens (tertiary/aromatic N) is 2. The number of hydrogen-bond donors (Lipinski definition) is 0. The van der Waals surface area contributed by atoms with Gasteiger partial charge in [-0.3, -0.25) is 15.1 Å². The third kappa shape index (κ3) is 1.37. The van der Waals surface area contributed by atoms with Crippen LogP contribution in [0.15, 0.2) is 16.3 Å². The summed E-state index contributed by atoms with van der Waals surface area (Å²) in [5, 5.41) is 10.6. The van der Waals surface area contributed by atoms with Crippen LogP contribution in [0.25, 0.3) is 0 Å². The number of nitro groups is 1. The highest BCUT2D eigenvalue weighted by Gasteiger charge is 2.26. The maximum atomic E-state index is 10.6. The first-order chi connectivity index (χ1) is 5.70. The molecule has 66 valence electrons. The van der Waals surface area contributed by atoms with E-state index in [4.69, 9.17) is 0 Å². The maximum absolute atomic E-state index is 10.6. The van der Waals surface area contributed by atoms with Gasteiger partial charge < -0.3 is 0 Å². The van der Waals surface area contributed by atoms with Gasteiger partial charge in [0.05, 0.1) is 11.5 Å². The first-order valence-corrected chi connectivity index (χ1v) is 4.10. The number of allylic oxidation sites excluding steroid dienone is 1. The highest BCUT2D eigenvalue weighted by atomic mass is 16.6. The van der Waals surface area contributed by atoms with Gasteiger partial charge in [0.1, 0.15) is 5.71 Å².